The fourth-order valence-electron chi connectivity index (χ4n) is 1.54. The number of nitrogens with zero attached hydrogens (tertiary/aromatic N) is 6. The maximum atomic E-state index is 4.10. The maximum absolute atomic E-state index is 4.10. The molecule has 1 aliphatic heterocycles. The smallest absolute Gasteiger partial charge is 0.189 e. The van der Waals surface area contributed by atoms with Crippen molar-refractivity contribution in [3.63, 3.8) is 0 Å². The average Bonchev–Trinajstić information content (AvgIpc) is 2.64. The molecule has 0 unspecified atom stereocenters. The molecule has 84 valence electrons. The highest BCUT2D eigenvalue weighted by Gasteiger charge is 2.13. The van der Waals surface area contributed by atoms with Crippen LogP contribution < -0.4 is 5.43 Å². The van der Waals surface area contributed by atoms with Gasteiger partial charge in [0.15, 0.2) is 5.82 Å². The molecule has 7 heteroatoms. The number of nitrogens with one attached hydrogen (secondary N) is 1. The van der Waals surface area contributed by atoms with Crippen LogP contribution in [-0.4, -0.2) is 63.3 Å². The lowest BCUT2D eigenvalue weighted by Gasteiger charge is -2.32. The summed E-state index contributed by atoms with van der Waals surface area (Å²) in [4.78, 5) is 3.79. The summed E-state index contributed by atoms with van der Waals surface area (Å²) in [6.07, 6.45) is 0. The second kappa shape index (κ2) is 4.65. The summed E-state index contributed by atoms with van der Waals surface area (Å²) in [7, 11) is 3.91. The fourth-order valence-corrected chi connectivity index (χ4v) is 1.54. The average molecular weight is 211 g/mol. The maximum Gasteiger partial charge on any atom is 0.189 e. The Balaban J connectivity index is 1.74. The van der Waals surface area contributed by atoms with Crippen LogP contribution in [0.3, 0.4) is 0 Å². The molecular weight excluding hydrogens is 194 g/mol. The minimum Gasteiger partial charge on any atom is -0.304 e. The zero-order valence-corrected chi connectivity index (χ0v) is 9.22. The third kappa shape index (κ3) is 2.95. The van der Waals surface area contributed by atoms with Gasteiger partial charge in [0, 0.05) is 26.2 Å². The quantitative estimate of drug-likeness (QED) is 0.654. The molecule has 0 saturated carbocycles. The number of likely N-dealkylation sites (N-methyl/N-ethyl adjacent to an activating group) is 1. The topological polar surface area (TPSA) is 62.1 Å². The van der Waals surface area contributed by atoms with Crippen molar-refractivity contribution in [2.75, 3.05) is 33.2 Å². The van der Waals surface area contributed by atoms with Crippen LogP contribution in [0.5, 0.6) is 0 Å². The van der Waals surface area contributed by atoms with E-state index in [4.69, 9.17) is 0 Å². The molecule has 2 rings (SSSR count). The Morgan fingerprint density at radius 2 is 1.93 bits per heavy atom. The molecule has 1 saturated heterocycles. The molecule has 1 N–H and O–H groups in total. The lowest BCUT2D eigenvalue weighted by molar-refractivity contribution is 0.101. The van der Waals surface area contributed by atoms with E-state index in [0.717, 1.165) is 32.0 Å². The molecule has 0 atom stereocenters. The van der Waals surface area contributed by atoms with Gasteiger partial charge in [-0.2, -0.15) is 4.80 Å². The highest BCUT2D eigenvalue weighted by atomic mass is 15.6. The zero-order chi connectivity index (χ0) is 10.7. The number of aromatic nitrogens is 4. The number of hydrogen-bond acceptors (Lipinski definition) is 6. The molecular formula is C8H17N7. The SMILES string of the molecule is CN1CCN(NCc2nnn(C)n2)CC1. The van der Waals surface area contributed by atoms with E-state index in [1.807, 2.05) is 0 Å². The molecule has 0 radical (unpaired) electrons. The van der Waals surface area contributed by atoms with Gasteiger partial charge in [0.2, 0.25) is 0 Å². The third-order valence-electron chi connectivity index (χ3n) is 2.51. The summed E-state index contributed by atoms with van der Waals surface area (Å²) in [5.74, 6) is 0.733. The Labute approximate surface area is 89.0 Å². The summed E-state index contributed by atoms with van der Waals surface area (Å²) in [6, 6.07) is 0. The second-order valence-corrected chi connectivity index (χ2v) is 3.82. The van der Waals surface area contributed by atoms with Crippen LogP contribution in [0.25, 0.3) is 0 Å². The van der Waals surface area contributed by atoms with E-state index in [9.17, 15) is 0 Å². The van der Waals surface area contributed by atoms with Gasteiger partial charge in [0.1, 0.15) is 0 Å². The van der Waals surface area contributed by atoms with Crippen molar-refractivity contribution < 1.29 is 0 Å². The molecule has 2 heterocycles. The first kappa shape index (κ1) is 10.5. The minimum absolute atomic E-state index is 0.650. The number of piperazine rings is 1. The molecule has 7 nitrogen and oxygen atoms in total. The first-order valence-corrected chi connectivity index (χ1v) is 5.14. The molecule has 15 heavy (non-hydrogen) atoms. The van der Waals surface area contributed by atoms with Gasteiger partial charge < -0.3 is 4.90 Å². The van der Waals surface area contributed by atoms with Gasteiger partial charge in [-0.3, -0.25) is 0 Å². The molecule has 1 aromatic rings. The van der Waals surface area contributed by atoms with Crippen LogP contribution in [0.15, 0.2) is 0 Å². The van der Waals surface area contributed by atoms with Crippen molar-refractivity contribution in [1.29, 1.82) is 0 Å². The summed E-state index contributed by atoms with van der Waals surface area (Å²) in [6.45, 7) is 4.92. The van der Waals surface area contributed by atoms with Gasteiger partial charge in [-0.05, 0) is 12.3 Å². The summed E-state index contributed by atoms with van der Waals surface area (Å²) in [5.41, 5.74) is 3.30. The minimum atomic E-state index is 0.650. The molecule has 1 fully saturated rings. The fraction of sp³-hybridized carbons (Fsp3) is 0.875. The highest BCUT2D eigenvalue weighted by Crippen LogP contribution is 1.96. The van der Waals surface area contributed by atoms with Crippen LogP contribution in [0.2, 0.25) is 0 Å². The van der Waals surface area contributed by atoms with E-state index in [2.05, 4.69) is 37.8 Å². The first-order chi connectivity index (χ1) is 7.24. The van der Waals surface area contributed by atoms with E-state index >= 15 is 0 Å². The number of hydrazine groups is 1. The molecule has 0 aromatic carbocycles. The van der Waals surface area contributed by atoms with Crippen molar-refractivity contribution in [3.05, 3.63) is 5.82 Å². The van der Waals surface area contributed by atoms with Crippen molar-refractivity contribution in [3.8, 4) is 0 Å². The van der Waals surface area contributed by atoms with E-state index in [1.54, 1.807) is 7.05 Å². The number of aryl methyl sites for hydroxylation is 1. The Kier molecular flexibility index (Phi) is 3.24. The number of tetrazole rings is 1. The van der Waals surface area contributed by atoms with Crippen LogP contribution >= 0.6 is 0 Å². The molecule has 0 bridgehead atoms. The largest absolute Gasteiger partial charge is 0.304 e. The Morgan fingerprint density at radius 1 is 1.20 bits per heavy atom. The van der Waals surface area contributed by atoms with E-state index in [-0.39, 0.29) is 0 Å². The number of hydrogen-bond donors (Lipinski definition) is 1. The zero-order valence-electron chi connectivity index (χ0n) is 9.22. The van der Waals surface area contributed by atoms with Gasteiger partial charge in [-0.15, -0.1) is 10.2 Å². The monoisotopic (exact) mass is 211 g/mol. The molecule has 1 aliphatic rings. The van der Waals surface area contributed by atoms with Crippen LogP contribution in [-0.2, 0) is 13.6 Å². The predicted octanol–water partition coefficient (Wildman–Crippen LogP) is -1.54. The second-order valence-electron chi connectivity index (χ2n) is 3.82. The van der Waals surface area contributed by atoms with Gasteiger partial charge in [0.25, 0.3) is 0 Å². The number of rotatable bonds is 3. The van der Waals surface area contributed by atoms with Crippen LogP contribution in [0.1, 0.15) is 5.82 Å². The van der Waals surface area contributed by atoms with Gasteiger partial charge in [-0.1, -0.05) is 0 Å². The first-order valence-electron chi connectivity index (χ1n) is 5.14. The molecule has 1 aromatic heterocycles. The van der Waals surface area contributed by atoms with Gasteiger partial charge in [-0.25, -0.2) is 10.4 Å². The molecule has 0 spiro atoms. The van der Waals surface area contributed by atoms with Crippen molar-refractivity contribution in [1.82, 2.24) is 35.5 Å². The summed E-state index contributed by atoms with van der Waals surface area (Å²) in [5, 5.41) is 14.0. The Bertz CT molecular complexity index is 302. The normalized spacial score (nSPS) is 19.6. The summed E-state index contributed by atoms with van der Waals surface area (Å²) < 4.78 is 0. The van der Waals surface area contributed by atoms with Crippen molar-refractivity contribution in [2.45, 2.75) is 6.54 Å². The lowest BCUT2D eigenvalue weighted by Crippen LogP contribution is -2.50. The molecule has 0 aliphatic carbocycles. The Hall–Kier alpha value is -1.05. The van der Waals surface area contributed by atoms with Crippen molar-refractivity contribution in [2.24, 2.45) is 7.05 Å². The van der Waals surface area contributed by atoms with Crippen LogP contribution in [0, 0.1) is 0 Å². The lowest BCUT2D eigenvalue weighted by atomic mass is 10.4. The highest BCUT2D eigenvalue weighted by molar-refractivity contribution is 4.75. The van der Waals surface area contributed by atoms with E-state index in [0.29, 0.717) is 6.54 Å². The third-order valence-corrected chi connectivity index (χ3v) is 2.51. The van der Waals surface area contributed by atoms with E-state index < -0.39 is 0 Å². The summed E-state index contributed by atoms with van der Waals surface area (Å²) >= 11 is 0. The van der Waals surface area contributed by atoms with Gasteiger partial charge >= 0.3 is 0 Å². The standard InChI is InChI=1S/C8H17N7/c1-13-3-5-15(6-4-13)9-7-8-10-12-14(2)11-8/h9H,3-7H2,1-2H3. The van der Waals surface area contributed by atoms with Crippen molar-refractivity contribution >= 4 is 0 Å². The van der Waals surface area contributed by atoms with Gasteiger partial charge in [0.05, 0.1) is 13.6 Å². The molecule has 0 amide bonds. The van der Waals surface area contributed by atoms with E-state index in [1.165, 1.54) is 4.80 Å². The van der Waals surface area contributed by atoms with Crippen LogP contribution in [0.4, 0.5) is 0 Å². The Morgan fingerprint density at radius 3 is 2.53 bits per heavy atom. The predicted molar refractivity (Wildman–Crippen MR) is 54.7 cm³/mol.